The van der Waals surface area contributed by atoms with E-state index in [9.17, 15) is 4.79 Å². The molecule has 0 spiro atoms. The highest BCUT2D eigenvalue weighted by Gasteiger charge is 2.23. The van der Waals surface area contributed by atoms with E-state index in [-0.39, 0.29) is 5.97 Å². The first-order chi connectivity index (χ1) is 10.2. The molecule has 1 atom stereocenters. The number of halogens is 1. The van der Waals surface area contributed by atoms with Gasteiger partial charge < -0.3 is 9.47 Å². The number of hydrogen-bond donors (Lipinski definition) is 0. The molecule has 0 N–H and O–H groups in total. The average molecular weight is 414 g/mol. The quantitative estimate of drug-likeness (QED) is 0.415. The van der Waals surface area contributed by atoms with Crippen molar-refractivity contribution in [1.82, 2.24) is 0 Å². The lowest BCUT2D eigenvalue weighted by Crippen LogP contribution is -2.11. The van der Waals surface area contributed by atoms with Crippen LogP contribution in [-0.2, 0) is 9.53 Å². The summed E-state index contributed by atoms with van der Waals surface area (Å²) in [5.74, 6) is 0.539. The van der Waals surface area contributed by atoms with Crippen LogP contribution in [0, 0.1) is 3.57 Å². The van der Waals surface area contributed by atoms with Crippen LogP contribution >= 0.6 is 34.4 Å². The van der Waals surface area contributed by atoms with Gasteiger partial charge in [-0.1, -0.05) is 24.3 Å². The third kappa shape index (κ3) is 4.14. The number of thioether (sulfide) groups is 1. The predicted molar refractivity (Wildman–Crippen MR) is 92.8 cm³/mol. The second-order valence-corrected chi connectivity index (χ2v) is 6.57. The fraction of sp³-hybridized carbons (Fsp3) is 0.188. The molecule has 5 heteroatoms. The summed E-state index contributed by atoms with van der Waals surface area (Å²) in [6, 6.07) is 15.6. The molecule has 0 amide bonds. The van der Waals surface area contributed by atoms with Crippen molar-refractivity contribution in [3.63, 3.8) is 0 Å². The molecule has 0 saturated heterocycles. The van der Waals surface area contributed by atoms with Gasteiger partial charge in [-0.3, -0.25) is 4.79 Å². The highest BCUT2D eigenvalue weighted by Crippen LogP contribution is 2.37. The summed E-state index contributed by atoms with van der Waals surface area (Å²) in [7, 11) is 3.04. The number of methoxy groups -OCH3 is 2. The number of hydrogen-bond acceptors (Lipinski definition) is 4. The molecule has 1 unspecified atom stereocenters. The Kier molecular flexibility index (Phi) is 5.93. The maximum atomic E-state index is 12.1. The highest BCUT2D eigenvalue weighted by molar-refractivity contribution is 14.1. The zero-order chi connectivity index (χ0) is 15.2. The van der Waals surface area contributed by atoms with Crippen molar-refractivity contribution in [2.45, 2.75) is 10.1 Å². The third-order valence-electron chi connectivity index (χ3n) is 2.89. The molecule has 21 heavy (non-hydrogen) atoms. The topological polar surface area (TPSA) is 35.5 Å². The zero-order valence-corrected chi connectivity index (χ0v) is 14.7. The minimum atomic E-state index is -0.392. The molecule has 0 aliphatic carbocycles. The summed E-state index contributed by atoms with van der Waals surface area (Å²) in [4.78, 5) is 13.1. The van der Waals surface area contributed by atoms with E-state index in [1.807, 2.05) is 48.5 Å². The molecule has 0 aliphatic rings. The lowest BCUT2D eigenvalue weighted by atomic mass is 10.1. The lowest BCUT2D eigenvalue weighted by molar-refractivity contribution is -0.140. The largest absolute Gasteiger partial charge is 0.496 e. The molecule has 0 radical (unpaired) electrons. The molecular formula is C16H15IO3S. The van der Waals surface area contributed by atoms with Gasteiger partial charge in [0.1, 0.15) is 11.0 Å². The first-order valence-electron chi connectivity index (χ1n) is 6.28. The Labute approximate surface area is 142 Å². The molecule has 110 valence electrons. The van der Waals surface area contributed by atoms with Crippen LogP contribution in [0.3, 0.4) is 0 Å². The number of rotatable bonds is 5. The van der Waals surface area contributed by atoms with E-state index in [0.29, 0.717) is 0 Å². The molecule has 0 aromatic heterocycles. The molecule has 2 aromatic carbocycles. The minimum absolute atomic E-state index is 0.259. The molecule has 0 fully saturated rings. The molecule has 2 rings (SSSR count). The Morgan fingerprint density at radius 1 is 1.14 bits per heavy atom. The number of carbonyl (C=O) groups excluding carboxylic acids is 1. The summed E-state index contributed by atoms with van der Waals surface area (Å²) in [5, 5.41) is -0.392. The van der Waals surface area contributed by atoms with Gasteiger partial charge >= 0.3 is 5.97 Å². The Balaban J connectivity index is 2.32. The van der Waals surface area contributed by atoms with E-state index in [4.69, 9.17) is 9.47 Å². The van der Waals surface area contributed by atoms with Gasteiger partial charge in [-0.25, -0.2) is 0 Å². The Morgan fingerprint density at radius 2 is 1.86 bits per heavy atom. The van der Waals surface area contributed by atoms with Crippen LogP contribution in [0.25, 0.3) is 0 Å². The van der Waals surface area contributed by atoms with Crippen LogP contribution < -0.4 is 4.74 Å². The Hall–Kier alpha value is -1.21. The first-order valence-corrected chi connectivity index (χ1v) is 8.24. The van der Waals surface area contributed by atoms with Crippen LogP contribution in [0.4, 0.5) is 0 Å². The van der Waals surface area contributed by atoms with Gasteiger partial charge in [0, 0.05) is 4.90 Å². The van der Waals surface area contributed by atoms with Crippen molar-refractivity contribution in [2.75, 3.05) is 14.2 Å². The van der Waals surface area contributed by atoms with Gasteiger partial charge in [-0.15, -0.1) is 11.8 Å². The summed E-state index contributed by atoms with van der Waals surface area (Å²) in [6.45, 7) is 0. The van der Waals surface area contributed by atoms with Gasteiger partial charge in [0.05, 0.1) is 17.8 Å². The predicted octanol–water partition coefficient (Wildman–Crippen LogP) is 4.31. The van der Waals surface area contributed by atoms with Crippen molar-refractivity contribution >= 4 is 40.3 Å². The standard InChI is InChI=1S/C16H15IO3S/c1-19-14-9-8-11(10-13(14)17)15(16(18)20-2)21-12-6-4-3-5-7-12/h3-10,15H,1-2H3. The minimum Gasteiger partial charge on any atom is -0.496 e. The molecule has 3 nitrogen and oxygen atoms in total. The normalized spacial score (nSPS) is 11.8. The molecule has 0 bridgehead atoms. The zero-order valence-electron chi connectivity index (χ0n) is 11.7. The number of benzene rings is 2. The van der Waals surface area contributed by atoms with Gasteiger partial charge in [-0.05, 0) is 52.4 Å². The van der Waals surface area contributed by atoms with Crippen LogP contribution in [0.5, 0.6) is 5.75 Å². The van der Waals surface area contributed by atoms with Gasteiger partial charge in [0.2, 0.25) is 0 Å². The van der Waals surface area contributed by atoms with E-state index in [1.54, 1.807) is 7.11 Å². The Bertz CT molecular complexity index is 616. The van der Waals surface area contributed by atoms with E-state index in [0.717, 1.165) is 19.8 Å². The molecule has 0 aliphatic heterocycles. The fourth-order valence-corrected chi connectivity index (χ4v) is 3.66. The smallest absolute Gasteiger partial charge is 0.323 e. The number of carbonyl (C=O) groups is 1. The molecule has 2 aromatic rings. The van der Waals surface area contributed by atoms with Crippen molar-refractivity contribution in [3.8, 4) is 5.75 Å². The lowest BCUT2D eigenvalue weighted by Gasteiger charge is -2.16. The van der Waals surface area contributed by atoms with Crippen LogP contribution in [0.2, 0.25) is 0 Å². The van der Waals surface area contributed by atoms with Crippen molar-refractivity contribution in [1.29, 1.82) is 0 Å². The van der Waals surface area contributed by atoms with E-state index in [1.165, 1.54) is 18.9 Å². The molecule has 0 heterocycles. The summed E-state index contributed by atoms with van der Waals surface area (Å²) < 4.78 is 11.2. The van der Waals surface area contributed by atoms with Crippen molar-refractivity contribution < 1.29 is 14.3 Å². The van der Waals surface area contributed by atoms with E-state index in [2.05, 4.69) is 22.6 Å². The van der Waals surface area contributed by atoms with E-state index < -0.39 is 5.25 Å². The SMILES string of the molecule is COC(=O)C(Sc1ccccc1)c1ccc(OC)c(I)c1. The number of esters is 1. The number of ether oxygens (including phenoxy) is 2. The first kappa shape index (κ1) is 16.2. The maximum Gasteiger partial charge on any atom is 0.323 e. The van der Waals surface area contributed by atoms with Crippen molar-refractivity contribution in [2.24, 2.45) is 0 Å². The summed E-state index contributed by atoms with van der Waals surface area (Å²) in [5.41, 5.74) is 0.904. The van der Waals surface area contributed by atoms with Crippen LogP contribution in [-0.4, -0.2) is 20.2 Å². The van der Waals surface area contributed by atoms with Gasteiger partial charge in [0.25, 0.3) is 0 Å². The van der Waals surface area contributed by atoms with Gasteiger partial charge in [0.15, 0.2) is 0 Å². The van der Waals surface area contributed by atoms with E-state index >= 15 is 0 Å². The molecule has 0 saturated carbocycles. The van der Waals surface area contributed by atoms with Gasteiger partial charge in [-0.2, -0.15) is 0 Å². The maximum absolute atomic E-state index is 12.1. The highest BCUT2D eigenvalue weighted by atomic mass is 127. The van der Waals surface area contributed by atoms with Crippen LogP contribution in [0.15, 0.2) is 53.4 Å². The molecular weight excluding hydrogens is 399 g/mol. The fourth-order valence-electron chi connectivity index (χ4n) is 1.84. The average Bonchev–Trinajstić information content (AvgIpc) is 2.53. The Morgan fingerprint density at radius 3 is 2.43 bits per heavy atom. The van der Waals surface area contributed by atoms with Crippen LogP contribution in [0.1, 0.15) is 10.8 Å². The van der Waals surface area contributed by atoms with Crippen molar-refractivity contribution in [3.05, 3.63) is 57.7 Å². The summed E-state index contributed by atoms with van der Waals surface area (Å²) in [6.07, 6.45) is 0. The summed E-state index contributed by atoms with van der Waals surface area (Å²) >= 11 is 3.68. The second-order valence-electron chi connectivity index (χ2n) is 4.23. The third-order valence-corrected chi connectivity index (χ3v) is 4.98. The monoisotopic (exact) mass is 414 g/mol. The second kappa shape index (κ2) is 7.70.